The predicted molar refractivity (Wildman–Crippen MR) is 96.1 cm³/mol. The molecule has 0 fully saturated rings. The van der Waals surface area contributed by atoms with Crippen molar-refractivity contribution in [2.75, 3.05) is 17.7 Å². The lowest BCUT2D eigenvalue weighted by molar-refractivity contribution is 0.0527. The molecule has 3 aromatic rings. The summed E-state index contributed by atoms with van der Waals surface area (Å²) in [6.07, 6.45) is 2.92. The van der Waals surface area contributed by atoms with Crippen molar-refractivity contribution in [1.29, 1.82) is 0 Å². The van der Waals surface area contributed by atoms with Gasteiger partial charge in [0.25, 0.3) is 5.91 Å². The number of nitrogen functional groups attached to an aromatic ring is 1. The molecule has 0 saturated heterocycles. The van der Waals surface area contributed by atoms with E-state index in [0.717, 1.165) is 0 Å². The number of anilines is 2. The number of hydrogen-bond acceptors (Lipinski definition) is 6. The summed E-state index contributed by atoms with van der Waals surface area (Å²) < 4.78 is 6.40. The zero-order chi connectivity index (χ0) is 18.5. The SMILES string of the molecule is CCOC(=O)c1cnn(-c2ccccn2)c1NC(=O)c1ccccc1N. The van der Waals surface area contributed by atoms with E-state index < -0.39 is 11.9 Å². The van der Waals surface area contributed by atoms with Crippen molar-refractivity contribution in [3.63, 3.8) is 0 Å². The number of nitrogens with zero attached hydrogens (tertiary/aromatic N) is 3. The van der Waals surface area contributed by atoms with Crippen molar-refractivity contribution in [2.45, 2.75) is 6.92 Å². The van der Waals surface area contributed by atoms with Crippen LogP contribution in [0.25, 0.3) is 5.82 Å². The minimum atomic E-state index is -0.592. The molecule has 8 heteroatoms. The van der Waals surface area contributed by atoms with Crippen molar-refractivity contribution in [2.24, 2.45) is 0 Å². The Morgan fingerprint density at radius 3 is 2.62 bits per heavy atom. The highest BCUT2D eigenvalue weighted by atomic mass is 16.5. The Bertz CT molecular complexity index is 937. The van der Waals surface area contributed by atoms with Crippen LogP contribution in [0.2, 0.25) is 0 Å². The lowest BCUT2D eigenvalue weighted by atomic mass is 10.1. The van der Waals surface area contributed by atoms with Gasteiger partial charge in [0.1, 0.15) is 5.56 Å². The average Bonchev–Trinajstić information content (AvgIpc) is 3.06. The lowest BCUT2D eigenvalue weighted by Crippen LogP contribution is -2.19. The van der Waals surface area contributed by atoms with Crippen LogP contribution < -0.4 is 11.1 Å². The quantitative estimate of drug-likeness (QED) is 0.539. The van der Waals surface area contributed by atoms with Crippen LogP contribution in [0.15, 0.2) is 54.9 Å². The van der Waals surface area contributed by atoms with Crippen molar-refractivity contribution in [3.8, 4) is 5.82 Å². The molecule has 2 heterocycles. The van der Waals surface area contributed by atoms with Crippen molar-refractivity contribution in [1.82, 2.24) is 14.8 Å². The van der Waals surface area contributed by atoms with Crippen LogP contribution in [-0.2, 0) is 4.74 Å². The second-order valence-corrected chi connectivity index (χ2v) is 5.27. The molecule has 0 aliphatic carbocycles. The van der Waals surface area contributed by atoms with Gasteiger partial charge in [-0.1, -0.05) is 18.2 Å². The van der Waals surface area contributed by atoms with Gasteiger partial charge in [-0.2, -0.15) is 9.78 Å². The molecular formula is C18H17N5O3. The third-order valence-corrected chi connectivity index (χ3v) is 3.57. The fraction of sp³-hybridized carbons (Fsp3) is 0.111. The molecule has 3 rings (SSSR count). The molecule has 0 aliphatic rings. The monoisotopic (exact) mass is 351 g/mol. The summed E-state index contributed by atoms with van der Waals surface area (Å²) in [5.74, 6) is -0.452. The maximum Gasteiger partial charge on any atom is 0.343 e. The van der Waals surface area contributed by atoms with Gasteiger partial charge in [-0.15, -0.1) is 0 Å². The van der Waals surface area contributed by atoms with E-state index in [1.165, 1.54) is 10.9 Å². The van der Waals surface area contributed by atoms with Crippen LogP contribution in [-0.4, -0.2) is 33.2 Å². The first-order chi connectivity index (χ1) is 12.6. The summed E-state index contributed by atoms with van der Waals surface area (Å²) >= 11 is 0. The highest BCUT2D eigenvalue weighted by Gasteiger charge is 2.23. The zero-order valence-corrected chi connectivity index (χ0v) is 14.0. The molecular weight excluding hydrogens is 334 g/mol. The van der Waals surface area contributed by atoms with Gasteiger partial charge in [-0.3, -0.25) is 4.79 Å². The Kier molecular flexibility index (Phi) is 4.93. The van der Waals surface area contributed by atoms with Gasteiger partial charge in [-0.05, 0) is 31.2 Å². The fourth-order valence-corrected chi connectivity index (χ4v) is 2.36. The first-order valence-electron chi connectivity index (χ1n) is 7.94. The van der Waals surface area contributed by atoms with E-state index >= 15 is 0 Å². The third-order valence-electron chi connectivity index (χ3n) is 3.57. The van der Waals surface area contributed by atoms with Crippen LogP contribution in [0.1, 0.15) is 27.6 Å². The van der Waals surface area contributed by atoms with Crippen LogP contribution in [0.3, 0.4) is 0 Å². The Morgan fingerprint density at radius 2 is 1.92 bits per heavy atom. The van der Waals surface area contributed by atoms with Crippen LogP contribution in [0.5, 0.6) is 0 Å². The molecule has 0 saturated carbocycles. The van der Waals surface area contributed by atoms with Gasteiger partial charge >= 0.3 is 5.97 Å². The number of amides is 1. The lowest BCUT2D eigenvalue weighted by Gasteiger charge is -2.11. The Labute approximate surface area is 149 Å². The van der Waals surface area contributed by atoms with Crippen molar-refractivity contribution < 1.29 is 14.3 Å². The van der Waals surface area contributed by atoms with Crippen LogP contribution in [0, 0.1) is 0 Å². The first kappa shape index (κ1) is 17.2. The zero-order valence-electron chi connectivity index (χ0n) is 14.0. The molecule has 0 bridgehead atoms. The number of benzene rings is 1. The molecule has 2 aromatic heterocycles. The third kappa shape index (κ3) is 3.39. The molecule has 26 heavy (non-hydrogen) atoms. The van der Waals surface area contributed by atoms with Gasteiger partial charge < -0.3 is 15.8 Å². The number of para-hydroxylation sites is 1. The Hall–Kier alpha value is -3.68. The van der Waals surface area contributed by atoms with E-state index in [9.17, 15) is 9.59 Å². The highest BCUT2D eigenvalue weighted by Crippen LogP contribution is 2.22. The highest BCUT2D eigenvalue weighted by molar-refractivity contribution is 6.10. The number of carbonyl (C=O) groups is 2. The van der Waals surface area contributed by atoms with E-state index in [4.69, 9.17) is 10.5 Å². The number of esters is 1. The number of carbonyl (C=O) groups excluding carboxylic acids is 2. The molecule has 0 radical (unpaired) electrons. The van der Waals surface area contributed by atoms with E-state index in [2.05, 4.69) is 15.4 Å². The molecule has 1 amide bonds. The molecule has 0 aliphatic heterocycles. The summed E-state index contributed by atoms with van der Waals surface area (Å²) in [4.78, 5) is 29.1. The minimum absolute atomic E-state index is 0.125. The van der Waals surface area contributed by atoms with Gasteiger partial charge in [-0.25, -0.2) is 9.78 Å². The molecule has 0 unspecified atom stereocenters. The Balaban J connectivity index is 2.03. The summed E-state index contributed by atoms with van der Waals surface area (Å²) in [6, 6.07) is 11.9. The number of pyridine rings is 1. The summed E-state index contributed by atoms with van der Waals surface area (Å²) in [7, 11) is 0. The standard InChI is InChI=1S/C18H17N5O3/c1-2-26-18(25)13-11-21-23(15-9-5-6-10-20-15)16(13)22-17(24)12-7-3-4-8-14(12)19/h3-11H,2,19H2,1H3,(H,22,24). The molecule has 8 nitrogen and oxygen atoms in total. The summed E-state index contributed by atoms with van der Waals surface area (Å²) in [6.45, 7) is 1.90. The molecule has 3 N–H and O–H groups in total. The van der Waals surface area contributed by atoms with Gasteiger partial charge in [0.15, 0.2) is 11.6 Å². The van der Waals surface area contributed by atoms with E-state index in [1.807, 2.05) is 0 Å². The van der Waals surface area contributed by atoms with Crippen molar-refractivity contribution >= 4 is 23.4 Å². The smallest absolute Gasteiger partial charge is 0.343 e. The molecule has 0 atom stereocenters. The van der Waals surface area contributed by atoms with Crippen LogP contribution in [0.4, 0.5) is 11.5 Å². The van der Waals surface area contributed by atoms with E-state index in [0.29, 0.717) is 11.5 Å². The number of rotatable bonds is 5. The fourth-order valence-electron chi connectivity index (χ4n) is 2.36. The normalized spacial score (nSPS) is 10.3. The number of aromatic nitrogens is 3. The summed E-state index contributed by atoms with van der Waals surface area (Å²) in [5.41, 5.74) is 6.60. The first-order valence-corrected chi connectivity index (χ1v) is 7.94. The number of ether oxygens (including phenoxy) is 1. The topological polar surface area (TPSA) is 112 Å². The second kappa shape index (κ2) is 7.47. The molecule has 1 aromatic carbocycles. The van der Waals surface area contributed by atoms with Gasteiger partial charge in [0.05, 0.1) is 18.4 Å². The number of nitrogens with one attached hydrogen (secondary N) is 1. The van der Waals surface area contributed by atoms with Gasteiger partial charge in [0.2, 0.25) is 0 Å². The number of hydrogen-bond donors (Lipinski definition) is 2. The van der Waals surface area contributed by atoms with E-state index in [1.54, 1.807) is 55.6 Å². The summed E-state index contributed by atoms with van der Waals surface area (Å²) in [5, 5.41) is 6.86. The maximum atomic E-state index is 12.6. The van der Waals surface area contributed by atoms with E-state index in [-0.39, 0.29) is 23.6 Å². The second-order valence-electron chi connectivity index (χ2n) is 5.27. The van der Waals surface area contributed by atoms with Gasteiger partial charge in [0, 0.05) is 11.9 Å². The number of nitrogens with two attached hydrogens (primary N) is 1. The maximum absolute atomic E-state index is 12.6. The largest absolute Gasteiger partial charge is 0.462 e. The van der Waals surface area contributed by atoms with Crippen LogP contribution >= 0.6 is 0 Å². The molecule has 0 spiro atoms. The average molecular weight is 351 g/mol. The van der Waals surface area contributed by atoms with Crippen molar-refractivity contribution in [3.05, 3.63) is 66.0 Å². The minimum Gasteiger partial charge on any atom is -0.462 e. The molecule has 132 valence electrons. The predicted octanol–water partition coefficient (Wildman–Crippen LogP) is 2.28. The Morgan fingerprint density at radius 1 is 1.15 bits per heavy atom.